The van der Waals surface area contributed by atoms with E-state index in [0.29, 0.717) is 18.6 Å². The Hall–Kier alpha value is -0.610. The van der Waals surface area contributed by atoms with Crippen molar-refractivity contribution in [1.82, 2.24) is 5.32 Å². The highest BCUT2D eigenvalue weighted by molar-refractivity contribution is 5.73. The van der Waals surface area contributed by atoms with Gasteiger partial charge in [0.25, 0.3) is 0 Å². The summed E-state index contributed by atoms with van der Waals surface area (Å²) in [5.74, 6) is -0.716. The number of hydrogen-bond donors (Lipinski definition) is 2. The summed E-state index contributed by atoms with van der Waals surface area (Å²) in [7, 11) is 0. The monoisotopic (exact) mass is 255 g/mol. The van der Waals surface area contributed by atoms with E-state index in [1.165, 1.54) is 19.3 Å². The van der Waals surface area contributed by atoms with E-state index in [9.17, 15) is 9.90 Å². The molecule has 3 atom stereocenters. The van der Waals surface area contributed by atoms with Crippen LogP contribution in [0.1, 0.15) is 52.4 Å². The van der Waals surface area contributed by atoms with Crippen LogP contribution in [0.4, 0.5) is 0 Å². The number of rotatable bonds is 7. The number of carboxylic acid groups (broad SMARTS) is 1. The van der Waals surface area contributed by atoms with Gasteiger partial charge in [0.1, 0.15) is 6.04 Å². The molecule has 2 aliphatic rings. The number of carbonyl (C=O) groups is 1. The van der Waals surface area contributed by atoms with Gasteiger partial charge in [-0.3, -0.25) is 4.79 Å². The van der Waals surface area contributed by atoms with Crippen LogP contribution in [0.15, 0.2) is 0 Å². The van der Waals surface area contributed by atoms with Gasteiger partial charge < -0.3 is 15.2 Å². The molecular weight excluding hydrogens is 230 g/mol. The highest BCUT2D eigenvalue weighted by atomic mass is 16.5. The maximum Gasteiger partial charge on any atom is 0.320 e. The van der Waals surface area contributed by atoms with Gasteiger partial charge in [-0.15, -0.1) is 0 Å². The third-order valence-corrected chi connectivity index (χ3v) is 4.72. The van der Waals surface area contributed by atoms with Crippen LogP contribution in [0, 0.1) is 5.41 Å². The Bertz CT molecular complexity index is 301. The second-order valence-corrected chi connectivity index (χ2v) is 5.67. The number of ether oxygens (including phenoxy) is 1. The van der Waals surface area contributed by atoms with Gasteiger partial charge in [-0.25, -0.2) is 0 Å². The Morgan fingerprint density at radius 2 is 2.22 bits per heavy atom. The molecular formula is C14H25NO3. The fraction of sp³-hybridized carbons (Fsp3) is 0.929. The molecule has 2 fully saturated rings. The average Bonchev–Trinajstić information content (AvgIpc) is 2.23. The van der Waals surface area contributed by atoms with Gasteiger partial charge in [0, 0.05) is 18.1 Å². The van der Waals surface area contributed by atoms with Crippen LogP contribution >= 0.6 is 0 Å². The van der Waals surface area contributed by atoms with Crippen LogP contribution in [0.3, 0.4) is 0 Å². The number of hydrogen-bond acceptors (Lipinski definition) is 3. The number of nitrogens with one attached hydrogen (secondary N) is 1. The first-order chi connectivity index (χ1) is 8.64. The van der Waals surface area contributed by atoms with Crippen LogP contribution in [-0.4, -0.2) is 35.9 Å². The van der Waals surface area contributed by atoms with Crippen LogP contribution in [0.25, 0.3) is 0 Å². The molecule has 0 radical (unpaired) electrons. The maximum absolute atomic E-state index is 11.2. The van der Waals surface area contributed by atoms with Crippen molar-refractivity contribution in [1.29, 1.82) is 0 Å². The van der Waals surface area contributed by atoms with Crippen LogP contribution in [-0.2, 0) is 9.53 Å². The van der Waals surface area contributed by atoms with E-state index in [2.05, 4.69) is 5.32 Å². The molecule has 0 aromatic rings. The van der Waals surface area contributed by atoms with Crippen molar-refractivity contribution in [3.63, 3.8) is 0 Å². The molecule has 1 spiro atoms. The van der Waals surface area contributed by atoms with E-state index in [-0.39, 0.29) is 11.5 Å². The predicted molar refractivity (Wildman–Crippen MR) is 69.6 cm³/mol. The number of aliphatic carboxylic acids is 1. The molecule has 0 bridgehead atoms. The summed E-state index contributed by atoms with van der Waals surface area (Å²) in [6.45, 7) is 4.82. The lowest BCUT2D eigenvalue weighted by atomic mass is 9.51. The quantitative estimate of drug-likeness (QED) is 0.732. The van der Waals surface area contributed by atoms with Gasteiger partial charge in [0.15, 0.2) is 0 Å². The Labute approximate surface area is 109 Å². The molecule has 18 heavy (non-hydrogen) atoms. The van der Waals surface area contributed by atoms with E-state index in [1.54, 1.807) is 0 Å². The van der Waals surface area contributed by atoms with Crippen molar-refractivity contribution < 1.29 is 14.6 Å². The lowest BCUT2D eigenvalue weighted by molar-refractivity contribution is -0.177. The van der Waals surface area contributed by atoms with E-state index >= 15 is 0 Å². The van der Waals surface area contributed by atoms with Crippen molar-refractivity contribution in [2.24, 2.45) is 5.41 Å². The topological polar surface area (TPSA) is 58.6 Å². The smallest absolute Gasteiger partial charge is 0.320 e. The summed E-state index contributed by atoms with van der Waals surface area (Å²) < 4.78 is 5.78. The standard InChI is InChI=1S/C14H25NO3/c1-3-6-10(13(16)17)15-11-9-12(18-4-2)14(11)7-5-8-14/h10-12,15H,3-9H2,1-2H3,(H,16,17). The summed E-state index contributed by atoms with van der Waals surface area (Å²) in [4.78, 5) is 11.2. The molecule has 2 aliphatic carbocycles. The van der Waals surface area contributed by atoms with Gasteiger partial charge in [0.2, 0.25) is 0 Å². The van der Waals surface area contributed by atoms with Gasteiger partial charge >= 0.3 is 5.97 Å². The molecule has 0 heterocycles. The van der Waals surface area contributed by atoms with Crippen LogP contribution in [0.2, 0.25) is 0 Å². The molecule has 0 aromatic heterocycles. The molecule has 4 nitrogen and oxygen atoms in total. The van der Waals surface area contributed by atoms with E-state index in [1.807, 2.05) is 13.8 Å². The fourth-order valence-corrected chi connectivity index (χ4v) is 3.48. The van der Waals surface area contributed by atoms with E-state index < -0.39 is 5.97 Å². The maximum atomic E-state index is 11.2. The highest BCUT2D eigenvalue weighted by Crippen LogP contribution is 2.57. The molecule has 2 rings (SSSR count). The van der Waals surface area contributed by atoms with Gasteiger partial charge in [-0.05, 0) is 32.6 Å². The minimum atomic E-state index is -0.716. The summed E-state index contributed by atoms with van der Waals surface area (Å²) >= 11 is 0. The summed E-state index contributed by atoms with van der Waals surface area (Å²) in [6, 6.07) is -0.0458. The van der Waals surface area contributed by atoms with Crippen molar-refractivity contribution in [2.75, 3.05) is 6.61 Å². The predicted octanol–water partition coefficient (Wildman–Crippen LogP) is 2.18. The van der Waals surface area contributed by atoms with Gasteiger partial charge in [-0.2, -0.15) is 0 Å². The third kappa shape index (κ3) is 2.28. The van der Waals surface area contributed by atoms with Crippen molar-refractivity contribution in [3.8, 4) is 0 Å². The lowest BCUT2D eigenvalue weighted by Gasteiger charge is -2.61. The summed E-state index contributed by atoms with van der Waals surface area (Å²) in [5, 5.41) is 12.6. The van der Waals surface area contributed by atoms with Crippen molar-refractivity contribution in [3.05, 3.63) is 0 Å². The largest absolute Gasteiger partial charge is 0.480 e. The van der Waals surface area contributed by atoms with Crippen molar-refractivity contribution >= 4 is 5.97 Å². The summed E-state index contributed by atoms with van der Waals surface area (Å²) in [6.07, 6.45) is 6.57. The van der Waals surface area contributed by atoms with Gasteiger partial charge in [-0.1, -0.05) is 19.8 Å². The first kappa shape index (κ1) is 13.8. The second-order valence-electron chi connectivity index (χ2n) is 5.67. The molecule has 0 saturated heterocycles. The Morgan fingerprint density at radius 3 is 2.67 bits per heavy atom. The molecule has 0 amide bonds. The Morgan fingerprint density at radius 1 is 1.50 bits per heavy atom. The lowest BCUT2D eigenvalue weighted by Crippen LogP contribution is -2.68. The molecule has 4 heteroatoms. The van der Waals surface area contributed by atoms with E-state index in [0.717, 1.165) is 19.4 Å². The van der Waals surface area contributed by atoms with Gasteiger partial charge in [0.05, 0.1) is 6.10 Å². The molecule has 2 saturated carbocycles. The first-order valence-corrected chi connectivity index (χ1v) is 7.24. The molecule has 0 aliphatic heterocycles. The van der Waals surface area contributed by atoms with Crippen LogP contribution in [0.5, 0.6) is 0 Å². The van der Waals surface area contributed by atoms with Crippen LogP contribution < -0.4 is 5.32 Å². The fourth-order valence-electron chi connectivity index (χ4n) is 3.48. The van der Waals surface area contributed by atoms with Crippen molar-refractivity contribution in [2.45, 2.75) is 70.6 Å². The zero-order chi connectivity index (χ0) is 13.2. The molecule has 0 aromatic carbocycles. The molecule has 104 valence electrons. The first-order valence-electron chi connectivity index (χ1n) is 7.24. The SMILES string of the molecule is CCCC(NC1CC(OCC)C12CCC2)C(=O)O. The Kier molecular flexibility index (Phi) is 4.28. The minimum Gasteiger partial charge on any atom is -0.480 e. The highest BCUT2D eigenvalue weighted by Gasteiger charge is 2.59. The third-order valence-electron chi connectivity index (χ3n) is 4.72. The average molecular weight is 255 g/mol. The second kappa shape index (κ2) is 5.57. The molecule has 3 unspecified atom stereocenters. The molecule has 2 N–H and O–H groups in total. The van der Waals surface area contributed by atoms with E-state index in [4.69, 9.17) is 4.74 Å². The minimum absolute atomic E-state index is 0.247. The zero-order valence-corrected chi connectivity index (χ0v) is 11.4. The normalized spacial score (nSPS) is 30.6. The number of carboxylic acids is 1. The zero-order valence-electron chi connectivity index (χ0n) is 11.4. The Balaban J connectivity index is 1.92. The summed E-state index contributed by atoms with van der Waals surface area (Å²) in [5.41, 5.74) is 0.247.